The third-order valence-electron chi connectivity index (χ3n) is 5.37. The molecule has 0 bridgehead atoms. The van der Waals surface area contributed by atoms with E-state index in [0.29, 0.717) is 6.04 Å². The molecule has 1 saturated carbocycles. The van der Waals surface area contributed by atoms with Gasteiger partial charge in [-0.05, 0) is 50.1 Å². The van der Waals surface area contributed by atoms with Gasteiger partial charge in [0.2, 0.25) is 0 Å². The van der Waals surface area contributed by atoms with Gasteiger partial charge >= 0.3 is 0 Å². The number of methoxy groups -OCH3 is 1. The third-order valence-corrected chi connectivity index (χ3v) is 5.37. The highest BCUT2D eigenvalue weighted by Crippen LogP contribution is 2.28. The molecule has 0 aliphatic heterocycles. The van der Waals surface area contributed by atoms with Crippen molar-refractivity contribution in [1.29, 1.82) is 0 Å². The standard InChI is InChI=1S/C23H27N3O/c1-17-9-8-14-22-25-20(16-15-18-10-6-7-13-21(18)27-2)23(26(17)22)24-19-11-4-3-5-12-19/h6-10,13-16,19,24H,3-5,11-12H2,1-2H3. The number of ether oxygens (including phenoxy) is 1. The van der Waals surface area contributed by atoms with E-state index in [1.165, 1.54) is 37.8 Å². The van der Waals surface area contributed by atoms with Gasteiger partial charge in [0.05, 0.1) is 7.11 Å². The van der Waals surface area contributed by atoms with Crippen LogP contribution in [0.25, 0.3) is 17.8 Å². The molecule has 1 aliphatic rings. The van der Waals surface area contributed by atoms with Crippen LogP contribution in [0.3, 0.4) is 0 Å². The first-order valence-corrected chi connectivity index (χ1v) is 9.82. The molecule has 1 aromatic carbocycles. The van der Waals surface area contributed by atoms with Crippen molar-refractivity contribution in [2.45, 2.75) is 45.1 Å². The number of para-hydroxylation sites is 1. The average molecular weight is 361 g/mol. The van der Waals surface area contributed by atoms with E-state index in [2.05, 4.69) is 53.1 Å². The Labute approximate surface area is 160 Å². The normalized spacial score (nSPS) is 15.5. The van der Waals surface area contributed by atoms with Crippen LogP contribution in [0, 0.1) is 6.92 Å². The zero-order chi connectivity index (χ0) is 18.6. The molecule has 0 unspecified atom stereocenters. The fraction of sp³-hybridized carbons (Fsp3) is 0.348. The number of hydrogen-bond acceptors (Lipinski definition) is 3. The monoisotopic (exact) mass is 361 g/mol. The largest absolute Gasteiger partial charge is 0.496 e. The fourth-order valence-corrected chi connectivity index (χ4v) is 3.94. The van der Waals surface area contributed by atoms with Crippen LogP contribution in [0.1, 0.15) is 49.1 Å². The molecule has 2 heterocycles. The number of aromatic nitrogens is 2. The van der Waals surface area contributed by atoms with Gasteiger partial charge < -0.3 is 10.1 Å². The highest BCUT2D eigenvalue weighted by Gasteiger charge is 2.18. The van der Waals surface area contributed by atoms with Crippen LogP contribution in [-0.4, -0.2) is 22.5 Å². The van der Waals surface area contributed by atoms with Crippen LogP contribution in [0.4, 0.5) is 5.82 Å². The number of anilines is 1. The van der Waals surface area contributed by atoms with Crippen molar-refractivity contribution < 1.29 is 4.74 Å². The highest BCUT2D eigenvalue weighted by atomic mass is 16.5. The minimum atomic E-state index is 0.525. The van der Waals surface area contributed by atoms with E-state index in [0.717, 1.165) is 28.5 Å². The summed E-state index contributed by atoms with van der Waals surface area (Å²) in [6, 6.07) is 14.8. The summed E-state index contributed by atoms with van der Waals surface area (Å²) in [5, 5.41) is 3.80. The minimum absolute atomic E-state index is 0.525. The number of nitrogens with zero attached hydrogens (tertiary/aromatic N) is 2. The maximum absolute atomic E-state index is 5.47. The van der Waals surface area contributed by atoms with Crippen LogP contribution in [0.2, 0.25) is 0 Å². The Morgan fingerprint density at radius 1 is 1.04 bits per heavy atom. The van der Waals surface area contributed by atoms with E-state index in [-0.39, 0.29) is 0 Å². The summed E-state index contributed by atoms with van der Waals surface area (Å²) in [5.74, 6) is 1.97. The van der Waals surface area contributed by atoms with Gasteiger partial charge in [-0.25, -0.2) is 4.98 Å². The molecule has 0 radical (unpaired) electrons. The van der Waals surface area contributed by atoms with Gasteiger partial charge in [0.1, 0.15) is 22.9 Å². The Kier molecular flexibility index (Phi) is 5.14. The SMILES string of the molecule is COc1ccccc1C=Cc1nc2cccc(C)n2c1NC1CCCCC1. The van der Waals surface area contributed by atoms with Crippen molar-refractivity contribution in [1.82, 2.24) is 9.38 Å². The topological polar surface area (TPSA) is 38.6 Å². The Morgan fingerprint density at radius 2 is 1.85 bits per heavy atom. The molecule has 4 heteroatoms. The second-order valence-electron chi connectivity index (χ2n) is 7.26. The maximum Gasteiger partial charge on any atom is 0.139 e. The molecule has 2 aromatic heterocycles. The lowest BCUT2D eigenvalue weighted by molar-refractivity contribution is 0.414. The number of benzene rings is 1. The van der Waals surface area contributed by atoms with Crippen LogP contribution >= 0.6 is 0 Å². The molecule has 4 nitrogen and oxygen atoms in total. The molecular weight excluding hydrogens is 334 g/mol. The molecule has 4 rings (SSSR count). The molecule has 140 valence electrons. The Morgan fingerprint density at radius 3 is 2.67 bits per heavy atom. The van der Waals surface area contributed by atoms with E-state index in [4.69, 9.17) is 9.72 Å². The predicted molar refractivity (Wildman–Crippen MR) is 112 cm³/mol. The molecule has 1 fully saturated rings. The highest BCUT2D eigenvalue weighted by molar-refractivity contribution is 5.78. The summed E-state index contributed by atoms with van der Waals surface area (Å²) in [7, 11) is 1.71. The van der Waals surface area contributed by atoms with Gasteiger partial charge in [-0.2, -0.15) is 0 Å². The second-order valence-corrected chi connectivity index (χ2v) is 7.26. The molecule has 3 aromatic rings. The third kappa shape index (κ3) is 3.70. The van der Waals surface area contributed by atoms with Gasteiger partial charge in [-0.15, -0.1) is 0 Å². The van der Waals surface area contributed by atoms with Crippen LogP contribution in [0.5, 0.6) is 5.75 Å². The molecule has 1 aliphatic carbocycles. The first-order valence-electron chi connectivity index (χ1n) is 9.82. The summed E-state index contributed by atoms with van der Waals surface area (Å²) >= 11 is 0. The Hall–Kier alpha value is -2.75. The molecular formula is C23H27N3O. The lowest BCUT2D eigenvalue weighted by Crippen LogP contribution is -2.23. The second kappa shape index (κ2) is 7.87. The molecule has 0 saturated heterocycles. The lowest BCUT2D eigenvalue weighted by Gasteiger charge is -2.24. The van der Waals surface area contributed by atoms with E-state index in [1.807, 2.05) is 18.2 Å². The van der Waals surface area contributed by atoms with Crippen LogP contribution in [-0.2, 0) is 0 Å². The van der Waals surface area contributed by atoms with Gasteiger partial charge in [0.25, 0.3) is 0 Å². The number of fused-ring (bicyclic) bond motifs is 1. The van der Waals surface area contributed by atoms with Crippen molar-refractivity contribution in [2.75, 3.05) is 12.4 Å². The van der Waals surface area contributed by atoms with E-state index in [9.17, 15) is 0 Å². The number of imidazole rings is 1. The lowest BCUT2D eigenvalue weighted by atomic mass is 9.95. The average Bonchev–Trinajstić information content (AvgIpc) is 3.06. The number of aryl methyl sites for hydroxylation is 1. The summed E-state index contributed by atoms with van der Waals surface area (Å²) < 4.78 is 7.70. The van der Waals surface area contributed by atoms with Gasteiger partial charge in [0, 0.05) is 17.3 Å². The predicted octanol–water partition coefficient (Wildman–Crippen LogP) is 5.57. The number of rotatable bonds is 5. The maximum atomic E-state index is 5.47. The number of nitrogens with one attached hydrogen (secondary N) is 1. The summed E-state index contributed by atoms with van der Waals surface area (Å²) in [5.41, 5.74) is 4.20. The van der Waals surface area contributed by atoms with Crippen LogP contribution < -0.4 is 10.1 Å². The summed E-state index contributed by atoms with van der Waals surface area (Å²) in [6.45, 7) is 2.13. The van der Waals surface area contributed by atoms with Gasteiger partial charge in [-0.1, -0.05) is 43.5 Å². The van der Waals surface area contributed by atoms with Crippen molar-refractivity contribution in [3.8, 4) is 5.75 Å². The van der Waals surface area contributed by atoms with Gasteiger partial charge in [0.15, 0.2) is 0 Å². The zero-order valence-electron chi connectivity index (χ0n) is 16.1. The first kappa shape index (κ1) is 17.7. The number of hydrogen-bond donors (Lipinski definition) is 1. The molecule has 1 N–H and O–H groups in total. The molecule has 0 spiro atoms. The van der Waals surface area contributed by atoms with Crippen molar-refractivity contribution in [2.24, 2.45) is 0 Å². The molecule has 0 atom stereocenters. The minimum Gasteiger partial charge on any atom is -0.496 e. The zero-order valence-corrected chi connectivity index (χ0v) is 16.1. The first-order chi connectivity index (χ1) is 13.3. The van der Waals surface area contributed by atoms with Crippen molar-refractivity contribution in [3.63, 3.8) is 0 Å². The molecule has 0 amide bonds. The molecule has 27 heavy (non-hydrogen) atoms. The quantitative estimate of drug-likeness (QED) is 0.646. The Balaban J connectivity index is 1.73. The fourth-order valence-electron chi connectivity index (χ4n) is 3.94. The van der Waals surface area contributed by atoms with Crippen LogP contribution in [0.15, 0.2) is 42.5 Å². The number of pyridine rings is 1. The summed E-state index contributed by atoms with van der Waals surface area (Å²) in [6.07, 6.45) is 10.6. The van der Waals surface area contributed by atoms with E-state index in [1.54, 1.807) is 7.11 Å². The van der Waals surface area contributed by atoms with E-state index >= 15 is 0 Å². The van der Waals surface area contributed by atoms with Crippen molar-refractivity contribution >= 4 is 23.6 Å². The van der Waals surface area contributed by atoms with E-state index < -0.39 is 0 Å². The smallest absolute Gasteiger partial charge is 0.139 e. The van der Waals surface area contributed by atoms with Crippen molar-refractivity contribution in [3.05, 3.63) is 59.4 Å². The summed E-state index contributed by atoms with van der Waals surface area (Å²) in [4.78, 5) is 4.88. The van der Waals surface area contributed by atoms with Gasteiger partial charge in [-0.3, -0.25) is 4.40 Å². The Bertz CT molecular complexity index is 951.